The molecule has 0 bridgehead atoms. The molecular weight excluding hydrogens is 344 g/mol. The standard InChI is InChI=1S/C18H27F2N3O3/c1-21-18(23-9-7-14(11-23)12-24-2)22-8-6-13-4-5-15(25-3)16(10-13)26-17(19)20/h4-5,10,14,17H,6-9,11-12H2,1-3H3,(H,21,22). The number of hydrogen-bond donors (Lipinski definition) is 1. The minimum atomic E-state index is -2.88. The van der Waals surface area contributed by atoms with E-state index in [9.17, 15) is 8.78 Å². The van der Waals surface area contributed by atoms with E-state index in [0.717, 1.165) is 37.6 Å². The van der Waals surface area contributed by atoms with Crippen LogP contribution in [0.15, 0.2) is 23.2 Å². The van der Waals surface area contributed by atoms with E-state index in [1.165, 1.54) is 7.11 Å². The van der Waals surface area contributed by atoms with Crippen LogP contribution in [0.5, 0.6) is 11.5 Å². The van der Waals surface area contributed by atoms with Gasteiger partial charge in [0.25, 0.3) is 0 Å². The molecule has 1 aliphatic rings. The van der Waals surface area contributed by atoms with Gasteiger partial charge in [0.2, 0.25) is 0 Å². The van der Waals surface area contributed by atoms with E-state index in [4.69, 9.17) is 9.47 Å². The van der Waals surface area contributed by atoms with Gasteiger partial charge in [-0.2, -0.15) is 8.78 Å². The Kier molecular flexibility index (Phi) is 7.90. The Morgan fingerprint density at radius 2 is 2.15 bits per heavy atom. The van der Waals surface area contributed by atoms with Gasteiger partial charge in [0.15, 0.2) is 17.5 Å². The predicted octanol–water partition coefficient (Wildman–Crippen LogP) is 2.38. The van der Waals surface area contributed by atoms with E-state index in [2.05, 4.69) is 19.9 Å². The first-order valence-electron chi connectivity index (χ1n) is 8.63. The predicted molar refractivity (Wildman–Crippen MR) is 96.2 cm³/mol. The van der Waals surface area contributed by atoms with Crippen LogP contribution in [0.25, 0.3) is 0 Å². The van der Waals surface area contributed by atoms with Gasteiger partial charge in [-0.25, -0.2) is 0 Å². The molecule has 1 aliphatic heterocycles. The third-order valence-corrected chi connectivity index (χ3v) is 4.34. The molecule has 1 heterocycles. The summed E-state index contributed by atoms with van der Waals surface area (Å²) in [6.07, 6.45) is 1.74. The average Bonchev–Trinajstić information content (AvgIpc) is 3.07. The van der Waals surface area contributed by atoms with Crippen molar-refractivity contribution < 1.29 is 23.0 Å². The van der Waals surface area contributed by atoms with E-state index in [-0.39, 0.29) is 5.75 Å². The first-order valence-corrected chi connectivity index (χ1v) is 8.63. The summed E-state index contributed by atoms with van der Waals surface area (Å²) in [5.74, 6) is 1.71. The highest BCUT2D eigenvalue weighted by Crippen LogP contribution is 2.29. The summed E-state index contributed by atoms with van der Waals surface area (Å²) < 4.78 is 39.8. The van der Waals surface area contributed by atoms with Crippen molar-refractivity contribution >= 4 is 5.96 Å². The fourth-order valence-electron chi connectivity index (χ4n) is 3.11. The first kappa shape index (κ1) is 20.2. The normalized spacial score (nSPS) is 17.7. The zero-order chi connectivity index (χ0) is 18.9. The molecule has 1 unspecified atom stereocenters. The number of hydrogen-bond acceptors (Lipinski definition) is 4. The van der Waals surface area contributed by atoms with Crippen molar-refractivity contribution in [1.29, 1.82) is 0 Å². The lowest BCUT2D eigenvalue weighted by molar-refractivity contribution is -0.0512. The van der Waals surface area contributed by atoms with Gasteiger partial charge in [-0.3, -0.25) is 4.99 Å². The van der Waals surface area contributed by atoms with Crippen LogP contribution in [-0.4, -0.2) is 65.0 Å². The van der Waals surface area contributed by atoms with Crippen LogP contribution in [0.2, 0.25) is 0 Å². The Morgan fingerprint density at radius 1 is 1.35 bits per heavy atom. The number of rotatable bonds is 8. The van der Waals surface area contributed by atoms with Crippen LogP contribution in [0.1, 0.15) is 12.0 Å². The third-order valence-electron chi connectivity index (χ3n) is 4.34. The molecule has 1 aromatic rings. The van der Waals surface area contributed by atoms with Gasteiger partial charge in [-0.1, -0.05) is 6.07 Å². The van der Waals surface area contributed by atoms with Crippen LogP contribution in [0.4, 0.5) is 8.78 Å². The van der Waals surface area contributed by atoms with Gasteiger partial charge < -0.3 is 24.4 Å². The minimum absolute atomic E-state index is 0.0475. The van der Waals surface area contributed by atoms with Gasteiger partial charge >= 0.3 is 6.61 Å². The highest BCUT2D eigenvalue weighted by atomic mass is 19.3. The fourth-order valence-corrected chi connectivity index (χ4v) is 3.11. The van der Waals surface area contributed by atoms with Gasteiger partial charge in [0.1, 0.15) is 0 Å². The van der Waals surface area contributed by atoms with E-state index < -0.39 is 6.61 Å². The molecule has 0 aliphatic carbocycles. The zero-order valence-corrected chi connectivity index (χ0v) is 15.5. The summed E-state index contributed by atoms with van der Waals surface area (Å²) in [4.78, 5) is 6.54. The molecule has 0 spiro atoms. The van der Waals surface area contributed by atoms with Crippen molar-refractivity contribution in [2.45, 2.75) is 19.5 Å². The summed E-state index contributed by atoms with van der Waals surface area (Å²) in [6.45, 7) is 0.377. The zero-order valence-electron chi connectivity index (χ0n) is 15.5. The van der Waals surface area contributed by atoms with Crippen LogP contribution in [-0.2, 0) is 11.2 Å². The molecule has 6 nitrogen and oxygen atoms in total. The van der Waals surface area contributed by atoms with Crippen LogP contribution in [0.3, 0.4) is 0 Å². The molecule has 1 aromatic carbocycles. The lowest BCUT2D eigenvalue weighted by Crippen LogP contribution is -2.41. The number of aliphatic imine (C=N–C) groups is 1. The Bertz CT molecular complexity index is 599. The minimum Gasteiger partial charge on any atom is -0.493 e. The molecule has 0 radical (unpaired) electrons. The van der Waals surface area contributed by atoms with Gasteiger partial charge in [0, 0.05) is 39.7 Å². The monoisotopic (exact) mass is 371 g/mol. The largest absolute Gasteiger partial charge is 0.493 e. The van der Waals surface area contributed by atoms with Crippen molar-refractivity contribution in [2.24, 2.45) is 10.9 Å². The molecule has 26 heavy (non-hydrogen) atoms. The summed E-state index contributed by atoms with van der Waals surface area (Å²) in [5, 5.41) is 3.33. The van der Waals surface area contributed by atoms with Crippen molar-refractivity contribution in [1.82, 2.24) is 10.2 Å². The van der Waals surface area contributed by atoms with Crippen molar-refractivity contribution in [2.75, 3.05) is 47.5 Å². The highest BCUT2D eigenvalue weighted by Gasteiger charge is 2.24. The Morgan fingerprint density at radius 3 is 2.81 bits per heavy atom. The Hall–Kier alpha value is -2.09. The van der Waals surface area contributed by atoms with E-state index in [1.54, 1.807) is 26.3 Å². The topological polar surface area (TPSA) is 55.3 Å². The van der Waals surface area contributed by atoms with Gasteiger partial charge in [-0.05, 0) is 30.5 Å². The second-order valence-electron chi connectivity index (χ2n) is 6.14. The quantitative estimate of drug-likeness (QED) is 0.562. The molecular formula is C18H27F2N3O3. The molecule has 1 N–H and O–H groups in total. The van der Waals surface area contributed by atoms with Crippen LogP contribution in [0, 0.1) is 5.92 Å². The summed E-state index contributed by atoms with van der Waals surface area (Å²) >= 11 is 0. The SMILES string of the molecule is CN=C(NCCc1ccc(OC)c(OC(F)F)c1)N1CCC(COC)C1. The molecule has 1 atom stereocenters. The number of ether oxygens (including phenoxy) is 3. The average molecular weight is 371 g/mol. The smallest absolute Gasteiger partial charge is 0.387 e. The van der Waals surface area contributed by atoms with Crippen molar-refractivity contribution in [3.63, 3.8) is 0 Å². The molecule has 0 aromatic heterocycles. The highest BCUT2D eigenvalue weighted by molar-refractivity contribution is 5.80. The number of nitrogens with one attached hydrogen (secondary N) is 1. The third kappa shape index (κ3) is 5.72. The number of halogens is 2. The molecule has 2 rings (SSSR count). The Labute approximate surface area is 153 Å². The first-order chi connectivity index (χ1) is 12.6. The number of methoxy groups -OCH3 is 2. The van der Waals surface area contributed by atoms with Gasteiger partial charge in [-0.15, -0.1) is 0 Å². The van der Waals surface area contributed by atoms with Crippen LogP contribution < -0.4 is 14.8 Å². The summed E-state index contributed by atoms with van der Waals surface area (Å²) in [5.41, 5.74) is 0.878. The lowest BCUT2D eigenvalue weighted by Gasteiger charge is -2.21. The lowest BCUT2D eigenvalue weighted by atomic mass is 10.1. The summed E-state index contributed by atoms with van der Waals surface area (Å²) in [7, 11) is 4.90. The maximum absolute atomic E-state index is 12.5. The van der Waals surface area contributed by atoms with Gasteiger partial charge in [0.05, 0.1) is 13.7 Å². The fraction of sp³-hybridized carbons (Fsp3) is 0.611. The maximum Gasteiger partial charge on any atom is 0.387 e. The molecule has 8 heteroatoms. The summed E-state index contributed by atoms with van der Waals surface area (Å²) in [6, 6.07) is 5.06. The molecule has 0 amide bonds. The number of nitrogens with zero attached hydrogens (tertiary/aromatic N) is 2. The number of guanidine groups is 1. The number of benzene rings is 1. The molecule has 1 saturated heterocycles. The van der Waals surface area contributed by atoms with E-state index in [0.29, 0.717) is 24.6 Å². The second kappa shape index (κ2) is 10.2. The van der Waals surface area contributed by atoms with E-state index >= 15 is 0 Å². The second-order valence-corrected chi connectivity index (χ2v) is 6.14. The Balaban J connectivity index is 1.88. The number of alkyl halides is 2. The van der Waals surface area contributed by atoms with Crippen LogP contribution >= 0.6 is 0 Å². The molecule has 1 fully saturated rings. The molecule has 146 valence electrons. The van der Waals surface area contributed by atoms with Crippen molar-refractivity contribution in [3.05, 3.63) is 23.8 Å². The number of likely N-dealkylation sites (tertiary alicyclic amines) is 1. The molecule has 0 saturated carbocycles. The maximum atomic E-state index is 12.5. The van der Waals surface area contributed by atoms with E-state index in [1.807, 2.05) is 6.07 Å². The van der Waals surface area contributed by atoms with Crippen molar-refractivity contribution in [3.8, 4) is 11.5 Å².